The van der Waals surface area contributed by atoms with Gasteiger partial charge in [-0.05, 0) is 6.07 Å². The van der Waals surface area contributed by atoms with Gasteiger partial charge in [-0.25, -0.2) is 0 Å². The van der Waals surface area contributed by atoms with Crippen LogP contribution in [0.4, 0.5) is 24.5 Å². The summed E-state index contributed by atoms with van der Waals surface area (Å²) in [6.07, 6.45) is 0. The van der Waals surface area contributed by atoms with E-state index in [1.54, 1.807) is 0 Å². The quantitative estimate of drug-likeness (QED) is 0.348. The molecule has 1 rings (SSSR count). The summed E-state index contributed by atoms with van der Waals surface area (Å²) in [5.74, 6) is 0. The summed E-state index contributed by atoms with van der Waals surface area (Å²) in [5, 5.41) is 21.1. The Morgan fingerprint density at radius 3 is 2.14 bits per heavy atom. The minimum atomic E-state index is -5.92. The van der Waals surface area contributed by atoms with Crippen molar-refractivity contribution in [1.82, 2.24) is 0 Å². The average molecular weight is 330 g/mol. The van der Waals surface area contributed by atoms with Crippen LogP contribution >= 0.6 is 0 Å². The van der Waals surface area contributed by atoms with Crippen molar-refractivity contribution in [2.45, 2.75) is 12.1 Å². The Kier molecular flexibility index (Phi) is 4.48. The number of hydrogen-bond donors (Lipinski definition) is 0. The van der Waals surface area contributed by atoms with Gasteiger partial charge < -0.3 is 0 Å². The van der Waals surface area contributed by atoms with Gasteiger partial charge in [0.15, 0.2) is 0 Å². The van der Waals surface area contributed by atoms with Gasteiger partial charge >= 0.3 is 15.6 Å². The lowest BCUT2D eigenvalue weighted by molar-refractivity contribution is -0.394. The molecule has 1 aromatic carbocycles. The van der Waals surface area contributed by atoms with Gasteiger partial charge in [0.05, 0.1) is 28.1 Å². The summed E-state index contributed by atoms with van der Waals surface area (Å²) in [6, 6.07) is 1.99. The molecule has 0 aliphatic rings. The fourth-order valence-corrected chi connectivity index (χ4v) is 1.58. The van der Waals surface area contributed by atoms with Crippen LogP contribution < -0.4 is 0 Å². The third-order valence-corrected chi connectivity index (χ3v) is 3.12. The Balaban J connectivity index is 3.10. The summed E-state index contributed by atoms with van der Waals surface area (Å²) in [7, 11) is -5.92. The summed E-state index contributed by atoms with van der Waals surface area (Å²) in [5.41, 5.74) is -7.84. The molecule has 0 radical (unpaired) electrons. The van der Waals surface area contributed by atoms with Crippen LogP contribution in [0, 0.1) is 20.2 Å². The van der Waals surface area contributed by atoms with E-state index in [2.05, 4.69) is 4.18 Å². The fraction of sp³-hybridized carbons (Fsp3) is 0.250. The first-order valence-electron chi connectivity index (χ1n) is 4.83. The first kappa shape index (κ1) is 16.8. The average Bonchev–Trinajstić information content (AvgIpc) is 2.34. The number of nitrogens with zero attached hydrogens (tertiary/aromatic N) is 2. The van der Waals surface area contributed by atoms with E-state index < -0.39 is 49.0 Å². The van der Waals surface area contributed by atoms with Gasteiger partial charge in [-0.2, -0.15) is 21.6 Å². The van der Waals surface area contributed by atoms with E-state index in [4.69, 9.17) is 0 Å². The Morgan fingerprint density at radius 1 is 1.14 bits per heavy atom. The van der Waals surface area contributed by atoms with Gasteiger partial charge in [0.25, 0.3) is 11.4 Å². The van der Waals surface area contributed by atoms with E-state index in [0.29, 0.717) is 6.07 Å². The molecule has 0 spiro atoms. The van der Waals surface area contributed by atoms with Gasteiger partial charge in [-0.15, -0.1) is 0 Å². The Bertz CT molecular complexity index is 686. The van der Waals surface area contributed by atoms with Crippen molar-refractivity contribution in [2.24, 2.45) is 0 Å². The number of halogens is 3. The molecule has 9 nitrogen and oxygen atoms in total. The second-order valence-electron chi connectivity index (χ2n) is 3.49. The maximum atomic E-state index is 12.0. The molecule has 0 fully saturated rings. The third kappa shape index (κ3) is 3.85. The van der Waals surface area contributed by atoms with Crippen molar-refractivity contribution in [3.05, 3.63) is 44.0 Å². The van der Waals surface area contributed by atoms with Gasteiger partial charge in [0, 0.05) is 6.07 Å². The number of benzene rings is 1. The van der Waals surface area contributed by atoms with E-state index in [9.17, 15) is 41.8 Å². The minimum absolute atomic E-state index is 0.485. The number of nitro benzene ring substituents is 2. The molecule has 116 valence electrons. The van der Waals surface area contributed by atoms with Gasteiger partial charge in [-0.3, -0.25) is 24.4 Å². The molecule has 0 unspecified atom stereocenters. The van der Waals surface area contributed by atoms with Crippen LogP contribution in [0.1, 0.15) is 5.56 Å². The molecule has 0 atom stereocenters. The second kappa shape index (κ2) is 5.61. The van der Waals surface area contributed by atoms with Crippen LogP contribution in [0.3, 0.4) is 0 Å². The highest BCUT2D eigenvalue weighted by molar-refractivity contribution is 7.87. The highest BCUT2D eigenvalue weighted by Gasteiger charge is 2.47. The largest absolute Gasteiger partial charge is 0.523 e. The molecule has 0 heterocycles. The summed E-state index contributed by atoms with van der Waals surface area (Å²) >= 11 is 0. The molecule has 1 aromatic rings. The predicted octanol–water partition coefficient (Wildman–Crippen LogP) is 1.87. The maximum Gasteiger partial charge on any atom is 0.523 e. The van der Waals surface area contributed by atoms with Crippen molar-refractivity contribution in [3.63, 3.8) is 0 Å². The van der Waals surface area contributed by atoms with E-state index >= 15 is 0 Å². The zero-order chi connectivity index (χ0) is 16.4. The normalized spacial score (nSPS) is 12.1. The summed E-state index contributed by atoms with van der Waals surface area (Å²) < 4.78 is 61.0. The van der Waals surface area contributed by atoms with Crippen LogP contribution in [-0.4, -0.2) is 23.8 Å². The molecule has 0 saturated heterocycles. The number of non-ortho nitro benzene ring substituents is 1. The lowest BCUT2D eigenvalue weighted by Gasteiger charge is -2.08. The lowest BCUT2D eigenvalue weighted by Crippen LogP contribution is -2.25. The first-order chi connectivity index (χ1) is 9.45. The van der Waals surface area contributed by atoms with Gasteiger partial charge in [0.1, 0.15) is 0 Å². The second-order valence-corrected chi connectivity index (χ2v) is 5.10. The molecular formula is C8H5F3N2O7S. The Labute approximate surface area is 114 Å². The molecule has 0 aliphatic carbocycles. The predicted molar refractivity (Wildman–Crippen MR) is 59.5 cm³/mol. The molecular weight excluding hydrogens is 325 g/mol. The van der Waals surface area contributed by atoms with Crippen molar-refractivity contribution in [1.29, 1.82) is 0 Å². The number of rotatable bonds is 5. The summed E-state index contributed by atoms with van der Waals surface area (Å²) in [4.78, 5) is 19.1. The molecule has 0 saturated carbocycles. The standard InChI is InChI=1S/C8H5F3N2O7S/c9-8(10,11)21(18,19)20-4-5-1-2-6(12(14)15)3-7(5)13(16)17/h1-3H,4H2. The smallest absolute Gasteiger partial charge is 0.258 e. The fourth-order valence-electron chi connectivity index (χ4n) is 1.17. The van der Waals surface area contributed by atoms with Gasteiger partial charge in [0.2, 0.25) is 0 Å². The van der Waals surface area contributed by atoms with Crippen molar-refractivity contribution in [2.75, 3.05) is 0 Å². The highest BCUT2D eigenvalue weighted by atomic mass is 32.2. The van der Waals surface area contributed by atoms with E-state index in [-0.39, 0.29) is 0 Å². The zero-order valence-corrected chi connectivity index (χ0v) is 10.5. The molecule has 0 bridgehead atoms. The minimum Gasteiger partial charge on any atom is -0.258 e. The molecule has 0 aliphatic heterocycles. The van der Waals surface area contributed by atoms with Crippen LogP contribution in [0.5, 0.6) is 0 Å². The van der Waals surface area contributed by atoms with Crippen molar-refractivity contribution < 1.29 is 35.6 Å². The van der Waals surface area contributed by atoms with Crippen molar-refractivity contribution in [3.8, 4) is 0 Å². The van der Waals surface area contributed by atoms with Gasteiger partial charge in [-0.1, -0.05) is 0 Å². The SMILES string of the molecule is O=[N+]([O-])c1ccc(COS(=O)(=O)C(F)(F)F)c([N+](=O)[O-])c1. The topological polar surface area (TPSA) is 130 Å². The Morgan fingerprint density at radius 2 is 1.71 bits per heavy atom. The third-order valence-electron chi connectivity index (χ3n) is 2.13. The van der Waals surface area contributed by atoms with Crippen LogP contribution in [0.2, 0.25) is 0 Å². The number of hydrogen-bond acceptors (Lipinski definition) is 7. The van der Waals surface area contributed by atoms with E-state index in [1.807, 2.05) is 0 Å². The van der Waals surface area contributed by atoms with Crippen LogP contribution in [-0.2, 0) is 20.9 Å². The molecule has 0 aromatic heterocycles. The molecule has 0 amide bonds. The maximum absolute atomic E-state index is 12.0. The van der Waals surface area contributed by atoms with Crippen LogP contribution in [0.15, 0.2) is 18.2 Å². The van der Waals surface area contributed by atoms with E-state index in [0.717, 1.165) is 12.1 Å². The first-order valence-corrected chi connectivity index (χ1v) is 6.24. The highest BCUT2D eigenvalue weighted by Crippen LogP contribution is 2.29. The lowest BCUT2D eigenvalue weighted by atomic mass is 10.2. The van der Waals surface area contributed by atoms with E-state index in [1.165, 1.54) is 0 Å². The monoisotopic (exact) mass is 330 g/mol. The van der Waals surface area contributed by atoms with Crippen LogP contribution in [0.25, 0.3) is 0 Å². The van der Waals surface area contributed by atoms with Crippen molar-refractivity contribution >= 4 is 21.5 Å². The number of nitro groups is 2. The molecule has 0 N–H and O–H groups in total. The molecule has 13 heteroatoms. The zero-order valence-electron chi connectivity index (χ0n) is 9.73. The molecule has 21 heavy (non-hydrogen) atoms. The Hall–Kier alpha value is -2.28. The number of alkyl halides is 3. The summed E-state index contributed by atoms with van der Waals surface area (Å²) in [6.45, 7) is -1.28.